The number of hydrogen-bond acceptors (Lipinski definition) is 4. The monoisotopic (exact) mass is 270 g/mol. The van der Waals surface area contributed by atoms with Gasteiger partial charge in [-0.3, -0.25) is 0 Å². The first-order chi connectivity index (χ1) is 9.33. The van der Waals surface area contributed by atoms with Crippen LogP contribution in [0.25, 0.3) is 16.9 Å². The van der Waals surface area contributed by atoms with Gasteiger partial charge in [-0.05, 0) is 36.4 Å². The molecule has 3 aromatic rings. The fraction of sp³-hybridized carbons (Fsp3) is 0.286. The van der Waals surface area contributed by atoms with E-state index in [0.29, 0.717) is 6.04 Å². The second-order valence-electron chi connectivity index (χ2n) is 4.96. The first kappa shape index (κ1) is 11.0. The second kappa shape index (κ2) is 4.06. The predicted molar refractivity (Wildman–Crippen MR) is 77.7 cm³/mol. The molecular formula is C14H14N4S. The Labute approximate surface area is 115 Å². The van der Waals surface area contributed by atoms with Crippen LogP contribution in [-0.2, 0) is 0 Å². The van der Waals surface area contributed by atoms with Crippen molar-refractivity contribution in [2.45, 2.75) is 18.9 Å². The number of rotatable bonds is 3. The SMILES string of the molecule is CN(c1ccc2ncc(-c3ccsc3)n2n1)C1CC1. The lowest BCUT2D eigenvalue weighted by atomic mass is 10.3. The number of anilines is 1. The fourth-order valence-corrected chi connectivity index (χ4v) is 2.96. The van der Waals surface area contributed by atoms with Gasteiger partial charge in [0.15, 0.2) is 5.65 Å². The Morgan fingerprint density at radius 2 is 2.21 bits per heavy atom. The van der Waals surface area contributed by atoms with Crippen molar-refractivity contribution in [2.75, 3.05) is 11.9 Å². The molecule has 1 fully saturated rings. The van der Waals surface area contributed by atoms with Crippen LogP contribution in [0.3, 0.4) is 0 Å². The van der Waals surface area contributed by atoms with Crippen LogP contribution in [0.1, 0.15) is 12.8 Å². The summed E-state index contributed by atoms with van der Waals surface area (Å²) in [6.45, 7) is 0. The number of fused-ring (bicyclic) bond motifs is 1. The highest BCUT2D eigenvalue weighted by atomic mass is 32.1. The van der Waals surface area contributed by atoms with E-state index in [9.17, 15) is 0 Å². The molecule has 4 nitrogen and oxygen atoms in total. The third-order valence-electron chi connectivity index (χ3n) is 3.62. The molecule has 96 valence electrons. The Hall–Kier alpha value is -1.88. The van der Waals surface area contributed by atoms with Gasteiger partial charge < -0.3 is 4.90 Å². The van der Waals surface area contributed by atoms with Crippen molar-refractivity contribution in [1.82, 2.24) is 14.6 Å². The molecule has 3 aromatic heterocycles. The summed E-state index contributed by atoms with van der Waals surface area (Å²) < 4.78 is 1.94. The molecule has 0 unspecified atom stereocenters. The van der Waals surface area contributed by atoms with E-state index in [1.165, 1.54) is 18.4 Å². The molecule has 0 N–H and O–H groups in total. The minimum atomic E-state index is 0.665. The smallest absolute Gasteiger partial charge is 0.154 e. The van der Waals surface area contributed by atoms with Crippen LogP contribution in [0.15, 0.2) is 35.2 Å². The minimum absolute atomic E-state index is 0.665. The van der Waals surface area contributed by atoms with E-state index in [2.05, 4.69) is 39.8 Å². The lowest BCUT2D eigenvalue weighted by molar-refractivity contribution is 0.840. The average molecular weight is 270 g/mol. The maximum atomic E-state index is 4.74. The number of hydrogen-bond donors (Lipinski definition) is 0. The maximum absolute atomic E-state index is 4.74. The van der Waals surface area contributed by atoms with E-state index >= 15 is 0 Å². The van der Waals surface area contributed by atoms with E-state index in [1.54, 1.807) is 11.3 Å². The van der Waals surface area contributed by atoms with Gasteiger partial charge >= 0.3 is 0 Å². The fourth-order valence-electron chi connectivity index (χ4n) is 2.31. The van der Waals surface area contributed by atoms with E-state index in [4.69, 9.17) is 5.10 Å². The molecule has 0 radical (unpaired) electrons. The first-order valence-electron chi connectivity index (χ1n) is 6.43. The summed E-state index contributed by atoms with van der Waals surface area (Å²) >= 11 is 1.69. The van der Waals surface area contributed by atoms with Gasteiger partial charge in [-0.2, -0.15) is 11.3 Å². The Kier molecular flexibility index (Phi) is 2.35. The molecule has 0 aromatic carbocycles. The van der Waals surface area contributed by atoms with Gasteiger partial charge in [0.25, 0.3) is 0 Å². The summed E-state index contributed by atoms with van der Waals surface area (Å²) in [5.41, 5.74) is 3.13. The van der Waals surface area contributed by atoms with Crippen molar-refractivity contribution < 1.29 is 0 Å². The molecule has 4 rings (SSSR count). The van der Waals surface area contributed by atoms with Gasteiger partial charge in [-0.1, -0.05) is 0 Å². The van der Waals surface area contributed by atoms with Crippen LogP contribution in [0.5, 0.6) is 0 Å². The zero-order valence-electron chi connectivity index (χ0n) is 10.7. The van der Waals surface area contributed by atoms with E-state index in [-0.39, 0.29) is 0 Å². The highest BCUT2D eigenvalue weighted by Gasteiger charge is 2.27. The van der Waals surface area contributed by atoms with Crippen molar-refractivity contribution in [1.29, 1.82) is 0 Å². The molecule has 1 aliphatic rings. The van der Waals surface area contributed by atoms with Crippen LogP contribution in [0.2, 0.25) is 0 Å². The van der Waals surface area contributed by atoms with Gasteiger partial charge in [0.05, 0.1) is 11.9 Å². The van der Waals surface area contributed by atoms with Crippen molar-refractivity contribution in [3.05, 3.63) is 35.2 Å². The standard InChI is InChI=1S/C14H14N4S/c1-17(11-2-3-11)14-5-4-13-15-8-12(18(13)16-14)10-6-7-19-9-10/h4-9,11H,2-3H2,1H3. The quantitative estimate of drug-likeness (QED) is 0.733. The summed E-state index contributed by atoms with van der Waals surface area (Å²) in [6, 6.07) is 6.86. The van der Waals surface area contributed by atoms with Crippen molar-refractivity contribution in [3.8, 4) is 11.3 Å². The van der Waals surface area contributed by atoms with Crippen LogP contribution >= 0.6 is 11.3 Å². The topological polar surface area (TPSA) is 33.4 Å². The molecule has 0 saturated heterocycles. The highest BCUT2D eigenvalue weighted by Crippen LogP contribution is 2.30. The van der Waals surface area contributed by atoms with Crippen LogP contribution in [0.4, 0.5) is 5.82 Å². The Bertz CT molecular complexity index is 712. The van der Waals surface area contributed by atoms with Crippen LogP contribution in [-0.4, -0.2) is 27.7 Å². The first-order valence-corrected chi connectivity index (χ1v) is 7.37. The van der Waals surface area contributed by atoms with E-state index < -0.39 is 0 Å². The van der Waals surface area contributed by atoms with Gasteiger partial charge in [0.1, 0.15) is 5.82 Å². The molecule has 0 amide bonds. The van der Waals surface area contributed by atoms with Crippen molar-refractivity contribution >= 4 is 22.8 Å². The van der Waals surface area contributed by atoms with Crippen molar-refractivity contribution in [3.63, 3.8) is 0 Å². The van der Waals surface area contributed by atoms with Gasteiger partial charge in [-0.15, -0.1) is 5.10 Å². The van der Waals surface area contributed by atoms with E-state index in [0.717, 1.165) is 17.2 Å². The summed E-state index contributed by atoms with van der Waals surface area (Å²) in [4.78, 5) is 6.68. The molecule has 0 bridgehead atoms. The minimum Gasteiger partial charge on any atom is -0.355 e. The molecule has 0 atom stereocenters. The summed E-state index contributed by atoms with van der Waals surface area (Å²) in [6.07, 6.45) is 4.44. The third kappa shape index (κ3) is 1.81. The van der Waals surface area contributed by atoms with E-state index in [1.807, 2.05) is 16.8 Å². The molecular weight excluding hydrogens is 256 g/mol. The summed E-state index contributed by atoms with van der Waals surface area (Å²) in [7, 11) is 2.12. The zero-order valence-corrected chi connectivity index (χ0v) is 11.5. The van der Waals surface area contributed by atoms with Gasteiger partial charge in [0.2, 0.25) is 0 Å². The number of nitrogens with zero attached hydrogens (tertiary/aromatic N) is 4. The number of thiophene rings is 1. The van der Waals surface area contributed by atoms with Crippen LogP contribution in [0, 0.1) is 0 Å². The van der Waals surface area contributed by atoms with Gasteiger partial charge in [-0.25, -0.2) is 9.50 Å². The molecule has 19 heavy (non-hydrogen) atoms. The highest BCUT2D eigenvalue weighted by molar-refractivity contribution is 7.08. The Morgan fingerprint density at radius 1 is 1.32 bits per heavy atom. The molecule has 1 aliphatic carbocycles. The molecule has 1 saturated carbocycles. The lowest BCUT2D eigenvalue weighted by Crippen LogP contribution is -2.21. The predicted octanol–water partition coefficient (Wildman–Crippen LogP) is 3.06. The molecule has 5 heteroatoms. The molecule has 0 aliphatic heterocycles. The van der Waals surface area contributed by atoms with Gasteiger partial charge in [0, 0.05) is 24.0 Å². The number of aromatic nitrogens is 3. The number of imidazole rings is 1. The van der Waals surface area contributed by atoms with Crippen molar-refractivity contribution in [2.24, 2.45) is 0 Å². The molecule has 0 spiro atoms. The Morgan fingerprint density at radius 3 is 2.95 bits per heavy atom. The third-order valence-corrected chi connectivity index (χ3v) is 4.30. The normalized spacial score (nSPS) is 15.0. The summed E-state index contributed by atoms with van der Waals surface area (Å²) in [5, 5.41) is 8.94. The average Bonchev–Trinajstić information content (AvgIpc) is 2.99. The maximum Gasteiger partial charge on any atom is 0.154 e. The van der Waals surface area contributed by atoms with Crippen LogP contribution < -0.4 is 4.90 Å². The largest absolute Gasteiger partial charge is 0.355 e. The Balaban J connectivity index is 1.84. The molecule has 3 heterocycles. The lowest BCUT2D eigenvalue weighted by Gasteiger charge is -2.17. The summed E-state index contributed by atoms with van der Waals surface area (Å²) in [5.74, 6) is 1.02. The second-order valence-corrected chi connectivity index (χ2v) is 5.74. The zero-order chi connectivity index (χ0) is 12.8.